The minimum Gasteiger partial charge on any atom is -0.497 e. The first-order valence-corrected chi connectivity index (χ1v) is 5.62. The number of esters is 1. The zero-order valence-corrected chi connectivity index (χ0v) is 10.5. The van der Waals surface area contributed by atoms with Crippen LogP contribution in [0.4, 0.5) is 0 Å². The van der Waals surface area contributed by atoms with Crippen LogP contribution in [0.5, 0.6) is 5.75 Å². The number of hydrogen-bond donors (Lipinski definition) is 1. The molecular formula is C13H19NO3. The number of methoxy groups -OCH3 is 1. The molecule has 1 atom stereocenters. The molecule has 1 aromatic rings. The van der Waals surface area contributed by atoms with Crippen molar-refractivity contribution in [3.63, 3.8) is 0 Å². The van der Waals surface area contributed by atoms with E-state index in [1.807, 2.05) is 24.3 Å². The van der Waals surface area contributed by atoms with E-state index >= 15 is 0 Å². The molecule has 17 heavy (non-hydrogen) atoms. The quantitative estimate of drug-likeness (QED) is 0.789. The smallest absolute Gasteiger partial charge is 0.323 e. The van der Waals surface area contributed by atoms with Crippen molar-refractivity contribution >= 4 is 5.97 Å². The Bertz CT molecular complexity index is 359. The van der Waals surface area contributed by atoms with Crippen LogP contribution >= 0.6 is 0 Å². The van der Waals surface area contributed by atoms with Gasteiger partial charge in [0.2, 0.25) is 0 Å². The maximum absolute atomic E-state index is 11.5. The van der Waals surface area contributed by atoms with Crippen LogP contribution < -0.4 is 10.5 Å². The van der Waals surface area contributed by atoms with E-state index in [1.54, 1.807) is 21.0 Å². The molecule has 0 radical (unpaired) electrons. The van der Waals surface area contributed by atoms with Crippen LogP contribution in [0, 0.1) is 0 Å². The van der Waals surface area contributed by atoms with Crippen molar-refractivity contribution < 1.29 is 14.3 Å². The maximum atomic E-state index is 11.5. The van der Waals surface area contributed by atoms with Gasteiger partial charge in [-0.05, 0) is 38.0 Å². The van der Waals surface area contributed by atoms with Crippen molar-refractivity contribution in [3.8, 4) is 5.75 Å². The molecule has 0 heterocycles. The Morgan fingerprint density at radius 1 is 1.29 bits per heavy atom. The van der Waals surface area contributed by atoms with E-state index in [-0.39, 0.29) is 12.1 Å². The van der Waals surface area contributed by atoms with Gasteiger partial charge in [-0.2, -0.15) is 0 Å². The monoisotopic (exact) mass is 237 g/mol. The van der Waals surface area contributed by atoms with Gasteiger partial charge in [-0.25, -0.2) is 0 Å². The van der Waals surface area contributed by atoms with Crippen LogP contribution in [0.15, 0.2) is 24.3 Å². The third-order valence-electron chi connectivity index (χ3n) is 2.27. The summed E-state index contributed by atoms with van der Waals surface area (Å²) in [5.74, 6) is 0.419. The van der Waals surface area contributed by atoms with E-state index in [9.17, 15) is 4.79 Å². The molecule has 0 amide bonds. The van der Waals surface area contributed by atoms with Gasteiger partial charge in [0.1, 0.15) is 11.8 Å². The van der Waals surface area contributed by atoms with Gasteiger partial charge >= 0.3 is 5.97 Å². The number of nitrogens with two attached hydrogens (primary N) is 1. The summed E-state index contributed by atoms with van der Waals surface area (Å²) in [5.41, 5.74) is 6.75. The Hall–Kier alpha value is -1.55. The van der Waals surface area contributed by atoms with Crippen molar-refractivity contribution in [2.45, 2.75) is 32.4 Å². The Kier molecular flexibility index (Phi) is 4.97. The van der Waals surface area contributed by atoms with Crippen LogP contribution in [0.3, 0.4) is 0 Å². The molecule has 4 heteroatoms. The number of rotatable bonds is 5. The van der Waals surface area contributed by atoms with Crippen LogP contribution in [0.25, 0.3) is 0 Å². The predicted octanol–water partition coefficient (Wildman–Crippen LogP) is 1.52. The van der Waals surface area contributed by atoms with Gasteiger partial charge in [0, 0.05) is 0 Å². The fourth-order valence-electron chi connectivity index (χ4n) is 1.42. The molecule has 0 aliphatic rings. The van der Waals surface area contributed by atoms with Gasteiger partial charge in [-0.15, -0.1) is 0 Å². The lowest BCUT2D eigenvalue weighted by Gasteiger charge is -2.13. The van der Waals surface area contributed by atoms with Crippen molar-refractivity contribution in [2.75, 3.05) is 7.11 Å². The zero-order chi connectivity index (χ0) is 12.8. The number of carbonyl (C=O) groups excluding carboxylic acids is 1. The summed E-state index contributed by atoms with van der Waals surface area (Å²) in [6.07, 6.45) is 0.333. The molecule has 0 saturated heterocycles. The average molecular weight is 237 g/mol. The second kappa shape index (κ2) is 6.25. The summed E-state index contributed by atoms with van der Waals surface area (Å²) in [6, 6.07) is 6.85. The Morgan fingerprint density at radius 2 is 1.88 bits per heavy atom. The molecule has 1 unspecified atom stereocenters. The summed E-state index contributed by atoms with van der Waals surface area (Å²) < 4.78 is 10.1. The first-order chi connectivity index (χ1) is 8.02. The van der Waals surface area contributed by atoms with Crippen molar-refractivity contribution in [1.29, 1.82) is 0 Å². The first kappa shape index (κ1) is 13.5. The molecular weight excluding hydrogens is 218 g/mol. The van der Waals surface area contributed by atoms with Crippen LogP contribution in [-0.2, 0) is 16.0 Å². The number of carbonyl (C=O) groups is 1. The standard InChI is InChI=1S/C13H19NO3/c1-9(2)17-13(15)12(14)8-10-4-6-11(16-3)7-5-10/h4-7,9,12H,8,14H2,1-3H3. The van der Waals surface area contributed by atoms with Crippen molar-refractivity contribution in [2.24, 2.45) is 5.73 Å². The van der Waals surface area contributed by atoms with E-state index in [1.165, 1.54) is 0 Å². The van der Waals surface area contributed by atoms with E-state index in [4.69, 9.17) is 15.2 Å². The average Bonchev–Trinajstić information content (AvgIpc) is 2.29. The van der Waals surface area contributed by atoms with Crippen molar-refractivity contribution in [3.05, 3.63) is 29.8 Å². The molecule has 4 nitrogen and oxygen atoms in total. The first-order valence-electron chi connectivity index (χ1n) is 5.62. The highest BCUT2D eigenvalue weighted by atomic mass is 16.5. The fourth-order valence-corrected chi connectivity index (χ4v) is 1.42. The van der Waals surface area contributed by atoms with Gasteiger partial charge in [0.05, 0.1) is 13.2 Å². The summed E-state index contributed by atoms with van der Waals surface area (Å²) in [6.45, 7) is 3.61. The van der Waals surface area contributed by atoms with E-state index in [0.29, 0.717) is 6.42 Å². The minimum atomic E-state index is -0.620. The normalized spacial score (nSPS) is 12.3. The predicted molar refractivity (Wildman–Crippen MR) is 65.9 cm³/mol. The minimum absolute atomic E-state index is 0.135. The van der Waals surface area contributed by atoms with Gasteiger partial charge in [0.25, 0.3) is 0 Å². The lowest BCUT2D eigenvalue weighted by atomic mass is 10.1. The third-order valence-corrected chi connectivity index (χ3v) is 2.27. The Morgan fingerprint density at radius 3 is 2.35 bits per heavy atom. The number of benzene rings is 1. The maximum Gasteiger partial charge on any atom is 0.323 e. The largest absolute Gasteiger partial charge is 0.497 e. The van der Waals surface area contributed by atoms with Crippen molar-refractivity contribution in [1.82, 2.24) is 0 Å². The summed E-state index contributed by atoms with van der Waals surface area (Å²) in [4.78, 5) is 11.5. The third kappa shape index (κ3) is 4.44. The second-order valence-corrected chi connectivity index (χ2v) is 4.14. The van der Waals surface area contributed by atoms with Crippen LogP contribution in [0.1, 0.15) is 19.4 Å². The van der Waals surface area contributed by atoms with Crippen LogP contribution in [-0.4, -0.2) is 25.2 Å². The molecule has 94 valence electrons. The summed E-state index contributed by atoms with van der Waals surface area (Å²) in [7, 11) is 1.61. The highest BCUT2D eigenvalue weighted by Crippen LogP contribution is 2.12. The molecule has 0 saturated carbocycles. The number of hydrogen-bond acceptors (Lipinski definition) is 4. The fraction of sp³-hybridized carbons (Fsp3) is 0.462. The van der Waals surface area contributed by atoms with E-state index in [0.717, 1.165) is 11.3 Å². The molecule has 1 rings (SSSR count). The van der Waals surface area contributed by atoms with Crippen LogP contribution in [0.2, 0.25) is 0 Å². The zero-order valence-electron chi connectivity index (χ0n) is 10.5. The Labute approximate surface area is 102 Å². The molecule has 1 aromatic carbocycles. The Balaban J connectivity index is 2.55. The van der Waals surface area contributed by atoms with E-state index in [2.05, 4.69) is 0 Å². The van der Waals surface area contributed by atoms with Gasteiger partial charge < -0.3 is 15.2 Å². The molecule has 0 aliphatic carbocycles. The van der Waals surface area contributed by atoms with E-state index < -0.39 is 6.04 Å². The molecule has 2 N–H and O–H groups in total. The molecule has 0 aliphatic heterocycles. The topological polar surface area (TPSA) is 61.5 Å². The van der Waals surface area contributed by atoms with Gasteiger partial charge in [-0.3, -0.25) is 4.79 Å². The SMILES string of the molecule is COc1ccc(CC(N)C(=O)OC(C)C)cc1. The summed E-state index contributed by atoms with van der Waals surface area (Å²) >= 11 is 0. The lowest BCUT2D eigenvalue weighted by Crippen LogP contribution is -2.35. The molecule has 0 aromatic heterocycles. The van der Waals surface area contributed by atoms with Gasteiger partial charge in [0.15, 0.2) is 0 Å². The number of ether oxygens (including phenoxy) is 2. The second-order valence-electron chi connectivity index (χ2n) is 4.14. The molecule has 0 bridgehead atoms. The van der Waals surface area contributed by atoms with Gasteiger partial charge in [-0.1, -0.05) is 12.1 Å². The molecule has 0 fully saturated rings. The highest BCUT2D eigenvalue weighted by Gasteiger charge is 2.16. The molecule has 0 spiro atoms. The summed E-state index contributed by atoms with van der Waals surface area (Å²) in [5, 5.41) is 0. The highest BCUT2D eigenvalue weighted by molar-refractivity contribution is 5.76. The lowest BCUT2D eigenvalue weighted by molar-refractivity contribution is -0.148.